The summed E-state index contributed by atoms with van der Waals surface area (Å²) in [6.07, 6.45) is 2.29. The Balaban J connectivity index is 2.08. The molecule has 6 heteroatoms. The van der Waals surface area contributed by atoms with E-state index in [2.05, 4.69) is 27.1 Å². The lowest BCUT2D eigenvalue weighted by atomic mass is 10.00. The molecule has 1 saturated heterocycles. The van der Waals surface area contributed by atoms with Crippen LogP contribution in [-0.2, 0) is 4.74 Å². The molecule has 0 unspecified atom stereocenters. The number of rotatable bonds is 5. The average molecular weight is 292 g/mol. The van der Waals surface area contributed by atoms with Gasteiger partial charge in [-0.05, 0) is 31.7 Å². The molecule has 116 valence electrons. The topological polar surface area (TPSA) is 67.3 Å². The molecule has 6 nitrogen and oxygen atoms in total. The molecule has 0 saturated carbocycles. The summed E-state index contributed by atoms with van der Waals surface area (Å²) in [5, 5.41) is 2.79. The van der Waals surface area contributed by atoms with Gasteiger partial charge >= 0.3 is 0 Å². The van der Waals surface area contributed by atoms with Gasteiger partial charge in [-0.2, -0.15) is 0 Å². The van der Waals surface area contributed by atoms with E-state index in [1.54, 1.807) is 13.2 Å². The van der Waals surface area contributed by atoms with E-state index >= 15 is 0 Å². The van der Waals surface area contributed by atoms with Gasteiger partial charge < -0.3 is 15.0 Å². The minimum Gasteiger partial charge on any atom is -0.383 e. The Morgan fingerprint density at radius 3 is 2.81 bits per heavy atom. The van der Waals surface area contributed by atoms with E-state index in [0.29, 0.717) is 24.8 Å². The highest BCUT2D eigenvalue weighted by Gasteiger charge is 2.19. The zero-order valence-electron chi connectivity index (χ0n) is 13.1. The van der Waals surface area contributed by atoms with Crippen LogP contribution in [-0.4, -0.2) is 49.2 Å². The van der Waals surface area contributed by atoms with Crippen LogP contribution >= 0.6 is 0 Å². The maximum Gasteiger partial charge on any atom is 0.270 e. The average Bonchev–Trinajstić information content (AvgIpc) is 2.47. The van der Waals surface area contributed by atoms with Gasteiger partial charge in [0.05, 0.1) is 6.61 Å². The van der Waals surface area contributed by atoms with Crippen LogP contribution < -0.4 is 10.2 Å². The van der Waals surface area contributed by atoms with Gasteiger partial charge in [0, 0.05) is 32.4 Å². The smallest absolute Gasteiger partial charge is 0.270 e. The van der Waals surface area contributed by atoms with Gasteiger partial charge in [0.15, 0.2) is 0 Å². The highest BCUT2D eigenvalue weighted by atomic mass is 16.5. The molecular formula is C15H24N4O2. The van der Waals surface area contributed by atoms with Crippen molar-refractivity contribution < 1.29 is 9.53 Å². The van der Waals surface area contributed by atoms with Gasteiger partial charge in [0.25, 0.3) is 5.91 Å². The first kappa shape index (κ1) is 15.7. The number of ether oxygens (including phenoxy) is 1. The molecule has 0 atom stereocenters. The minimum absolute atomic E-state index is 0.177. The van der Waals surface area contributed by atoms with Crippen LogP contribution in [0.2, 0.25) is 0 Å². The molecule has 1 amide bonds. The van der Waals surface area contributed by atoms with Crippen molar-refractivity contribution in [2.24, 2.45) is 5.92 Å². The lowest BCUT2D eigenvalue weighted by molar-refractivity contribution is 0.0932. The van der Waals surface area contributed by atoms with E-state index in [-0.39, 0.29) is 5.91 Å². The Labute approximate surface area is 125 Å². The minimum atomic E-state index is -0.177. The molecule has 1 fully saturated rings. The summed E-state index contributed by atoms with van der Waals surface area (Å²) in [4.78, 5) is 23.1. The number of aromatic nitrogens is 2. The number of nitrogens with one attached hydrogen (secondary N) is 1. The van der Waals surface area contributed by atoms with Gasteiger partial charge in [-0.1, -0.05) is 6.92 Å². The first-order chi connectivity index (χ1) is 10.1. The van der Waals surface area contributed by atoms with Crippen molar-refractivity contribution in [2.45, 2.75) is 26.7 Å². The zero-order valence-corrected chi connectivity index (χ0v) is 13.1. The van der Waals surface area contributed by atoms with Crippen LogP contribution in [0.25, 0.3) is 0 Å². The standard InChI is InChI=1S/C15H24N4O2/c1-11-4-7-19(8-5-11)15-17-12(2)10-13(18-15)14(20)16-6-9-21-3/h10-11H,4-9H2,1-3H3,(H,16,20). The van der Waals surface area contributed by atoms with Crippen LogP contribution in [0, 0.1) is 12.8 Å². The third-order valence-electron chi connectivity index (χ3n) is 3.73. The summed E-state index contributed by atoms with van der Waals surface area (Å²) >= 11 is 0. The van der Waals surface area contributed by atoms with Crippen molar-refractivity contribution >= 4 is 11.9 Å². The second kappa shape index (κ2) is 7.36. The molecule has 2 heterocycles. The molecule has 1 aliphatic heterocycles. The third-order valence-corrected chi connectivity index (χ3v) is 3.73. The fraction of sp³-hybridized carbons (Fsp3) is 0.667. The number of hydrogen-bond acceptors (Lipinski definition) is 5. The molecule has 21 heavy (non-hydrogen) atoms. The van der Waals surface area contributed by atoms with E-state index in [4.69, 9.17) is 4.74 Å². The fourth-order valence-corrected chi connectivity index (χ4v) is 2.38. The number of nitrogens with zero attached hydrogens (tertiary/aromatic N) is 3. The monoisotopic (exact) mass is 292 g/mol. The second-order valence-electron chi connectivity index (χ2n) is 5.61. The normalized spacial score (nSPS) is 16.0. The van der Waals surface area contributed by atoms with Crippen LogP contribution in [0.3, 0.4) is 0 Å². The maximum absolute atomic E-state index is 12.1. The van der Waals surface area contributed by atoms with Gasteiger partial charge in [0.2, 0.25) is 5.95 Å². The maximum atomic E-state index is 12.1. The van der Waals surface area contributed by atoms with E-state index in [1.165, 1.54) is 0 Å². The Kier molecular flexibility index (Phi) is 5.50. The van der Waals surface area contributed by atoms with Crippen molar-refractivity contribution in [2.75, 3.05) is 38.3 Å². The lowest BCUT2D eigenvalue weighted by Crippen LogP contribution is -2.35. The summed E-state index contributed by atoms with van der Waals surface area (Å²) < 4.78 is 4.93. The van der Waals surface area contributed by atoms with E-state index in [0.717, 1.165) is 37.5 Å². The van der Waals surface area contributed by atoms with Gasteiger partial charge in [-0.3, -0.25) is 4.79 Å². The Hall–Kier alpha value is -1.69. The predicted octanol–water partition coefficient (Wildman–Crippen LogP) is 1.40. The number of carbonyl (C=O) groups excluding carboxylic acids is 1. The van der Waals surface area contributed by atoms with Gasteiger partial charge in [0.1, 0.15) is 5.69 Å². The fourth-order valence-electron chi connectivity index (χ4n) is 2.38. The summed E-state index contributed by atoms with van der Waals surface area (Å²) in [7, 11) is 1.61. The number of anilines is 1. The Morgan fingerprint density at radius 2 is 2.14 bits per heavy atom. The van der Waals surface area contributed by atoms with Crippen LogP contribution in [0.15, 0.2) is 6.07 Å². The SMILES string of the molecule is COCCNC(=O)c1cc(C)nc(N2CCC(C)CC2)n1. The van der Waals surface area contributed by atoms with Gasteiger partial charge in [-0.15, -0.1) is 0 Å². The largest absolute Gasteiger partial charge is 0.383 e. The number of amides is 1. The first-order valence-corrected chi connectivity index (χ1v) is 7.48. The zero-order chi connectivity index (χ0) is 15.2. The van der Waals surface area contributed by atoms with Crippen molar-refractivity contribution in [3.63, 3.8) is 0 Å². The van der Waals surface area contributed by atoms with E-state index in [9.17, 15) is 4.79 Å². The Bertz CT molecular complexity index is 485. The van der Waals surface area contributed by atoms with Gasteiger partial charge in [-0.25, -0.2) is 9.97 Å². The molecule has 1 aromatic rings. The van der Waals surface area contributed by atoms with Crippen molar-refractivity contribution in [1.29, 1.82) is 0 Å². The molecular weight excluding hydrogens is 268 g/mol. The third kappa shape index (κ3) is 4.39. The lowest BCUT2D eigenvalue weighted by Gasteiger charge is -2.30. The quantitative estimate of drug-likeness (QED) is 0.831. The summed E-state index contributed by atoms with van der Waals surface area (Å²) in [5.41, 5.74) is 1.24. The molecule has 0 aromatic carbocycles. The number of aryl methyl sites for hydroxylation is 1. The summed E-state index contributed by atoms with van der Waals surface area (Å²) in [6, 6.07) is 1.72. The van der Waals surface area contributed by atoms with Crippen LogP contribution in [0.1, 0.15) is 35.9 Å². The first-order valence-electron chi connectivity index (χ1n) is 7.48. The molecule has 2 rings (SSSR count). The second-order valence-corrected chi connectivity index (χ2v) is 5.61. The number of piperidine rings is 1. The number of carbonyl (C=O) groups is 1. The summed E-state index contributed by atoms with van der Waals surface area (Å²) in [6.45, 7) is 7.04. The highest BCUT2D eigenvalue weighted by Crippen LogP contribution is 2.20. The molecule has 1 N–H and O–H groups in total. The molecule has 0 radical (unpaired) electrons. The van der Waals surface area contributed by atoms with Crippen LogP contribution in [0.5, 0.6) is 0 Å². The van der Waals surface area contributed by atoms with E-state index in [1.807, 2.05) is 6.92 Å². The molecule has 1 aliphatic rings. The number of methoxy groups -OCH3 is 1. The molecule has 0 bridgehead atoms. The number of hydrogen-bond donors (Lipinski definition) is 1. The van der Waals surface area contributed by atoms with Crippen molar-refractivity contribution in [1.82, 2.24) is 15.3 Å². The Morgan fingerprint density at radius 1 is 1.43 bits per heavy atom. The predicted molar refractivity (Wildman–Crippen MR) is 81.6 cm³/mol. The molecule has 1 aromatic heterocycles. The van der Waals surface area contributed by atoms with Crippen molar-refractivity contribution in [3.05, 3.63) is 17.5 Å². The van der Waals surface area contributed by atoms with E-state index < -0.39 is 0 Å². The highest BCUT2D eigenvalue weighted by molar-refractivity contribution is 5.92. The van der Waals surface area contributed by atoms with Crippen molar-refractivity contribution in [3.8, 4) is 0 Å². The molecule has 0 aliphatic carbocycles. The summed E-state index contributed by atoms with van der Waals surface area (Å²) in [5.74, 6) is 1.24. The van der Waals surface area contributed by atoms with Crippen LogP contribution in [0.4, 0.5) is 5.95 Å². The molecule has 0 spiro atoms.